The number of carbonyl (C=O) groups excluding carboxylic acids is 1. The van der Waals surface area contributed by atoms with Gasteiger partial charge in [0.15, 0.2) is 0 Å². The molecule has 0 fully saturated rings. The van der Waals surface area contributed by atoms with Gasteiger partial charge in [-0.05, 0) is 6.42 Å². The van der Waals surface area contributed by atoms with E-state index in [1.807, 2.05) is 0 Å². The van der Waals surface area contributed by atoms with Crippen LogP contribution in [-0.2, 0) is 14.3 Å². The van der Waals surface area contributed by atoms with Crippen molar-refractivity contribution in [3.8, 4) is 0 Å². The zero-order valence-electron chi connectivity index (χ0n) is 12.0. The van der Waals surface area contributed by atoms with Crippen LogP contribution < -0.4 is 0 Å². The summed E-state index contributed by atoms with van der Waals surface area (Å²) in [7, 11) is 0. The molecular weight excluding hydrogens is 260 g/mol. The molecule has 5 nitrogen and oxygen atoms in total. The first-order valence-corrected chi connectivity index (χ1v) is 6.37. The van der Waals surface area contributed by atoms with Gasteiger partial charge in [0.1, 0.15) is 6.61 Å². The molecule has 0 saturated heterocycles. The molecule has 0 saturated carbocycles. The summed E-state index contributed by atoms with van der Waals surface area (Å²) in [5.74, 6) is -1.80. The maximum Gasteiger partial charge on any atom is 0.334 e. The van der Waals surface area contributed by atoms with Crippen molar-refractivity contribution in [1.29, 1.82) is 0 Å². The SMILES string of the molecule is C=CC(O)CCCC.C=CCOC(=O)C(=C)CC(=O)O. The number of hydrogen-bond acceptors (Lipinski definition) is 4. The second-order valence-electron chi connectivity index (χ2n) is 4.01. The highest BCUT2D eigenvalue weighted by molar-refractivity contribution is 5.92. The minimum atomic E-state index is -1.10. The highest BCUT2D eigenvalue weighted by Crippen LogP contribution is 2.00. The number of carboxylic acids is 1. The Bertz CT molecular complexity index is 333. The van der Waals surface area contributed by atoms with Gasteiger partial charge in [0, 0.05) is 5.57 Å². The van der Waals surface area contributed by atoms with Crippen LogP contribution in [-0.4, -0.2) is 34.9 Å². The summed E-state index contributed by atoms with van der Waals surface area (Å²) < 4.78 is 4.53. The van der Waals surface area contributed by atoms with Crippen LogP contribution in [0.1, 0.15) is 32.6 Å². The number of rotatable bonds is 9. The highest BCUT2D eigenvalue weighted by Gasteiger charge is 2.10. The van der Waals surface area contributed by atoms with Crippen molar-refractivity contribution in [2.24, 2.45) is 0 Å². The molecule has 114 valence electrons. The maximum atomic E-state index is 10.8. The fraction of sp³-hybridized carbons (Fsp3) is 0.467. The zero-order chi connectivity index (χ0) is 16.0. The van der Waals surface area contributed by atoms with Gasteiger partial charge in [0.2, 0.25) is 0 Å². The fourth-order valence-corrected chi connectivity index (χ4v) is 1.02. The molecule has 0 aliphatic carbocycles. The molecule has 0 amide bonds. The van der Waals surface area contributed by atoms with Gasteiger partial charge in [-0.15, -0.1) is 6.58 Å². The summed E-state index contributed by atoms with van der Waals surface area (Å²) in [4.78, 5) is 20.9. The third kappa shape index (κ3) is 14.2. The first-order chi connectivity index (χ1) is 9.38. The van der Waals surface area contributed by atoms with E-state index in [0.717, 1.165) is 19.3 Å². The Morgan fingerprint density at radius 3 is 2.35 bits per heavy atom. The number of carboxylic acid groups (broad SMARTS) is 1. The van der Waals surface area contributed by atoms with E-state index in [0.29, 0.717) is 0 Å². The molecule has 0 aromatic heterocycles. The number of carbonyl (C=O) groups is 2. The number of esters is 1. The third-order valence-corrected chi connectivity index (χ3v) is 2.11. The lowest BCUT2D eigenvalue weighted by Crippen LogP contribution is -2.10. The molecule has 0 spiro atoms. The Morgan fingerprint density at radius 2 is 1.95 bits per heavy atom. The quantitative estimate of drug-likeness (QED) is 0.386. The molecule has 0 aliphatic rings. The molecule has 0 aromatic rings. The van der Waals surface area contributed by atoms with Gasteiger partial charge in [0.25, 0.3) is 0 Å². The molecule has 0 bridgehead atoms. The smallest absolute Gasteiger partial charge is 0.334 e. The van der Waals surface area contributed by atoms with Crippen molar-refractivity contribution in [3.05, 3.63) is 37.5 Å². The van der Waals surface area contributed by atoms with Crippen molar-refractivity contribution in [2.45, 2.75) is 38.7 Å². The van der Waals surface area contributed by atoms with Gasteiger partial charge in [-0.25, -0.2) is 4.79 Å². The van der Waals surface area contributed by atoms with Gasteiger partial charge in [-0.3, -0.25) is 4.79 Å². The predicted molar refractivity (Wildman–Crippen MR) is 78.3 cm³/mol. The van der Waals surface area contributed by atoms with Gasteiger partial charge >= 0.3 is 11.9 Å². The highest BCUT2D eigenvalue weighted by atomic mass is 16.5. The van der Waals surface area contributed by atoms with E-state index in [1.54, 1.807) is 6.08 Å². The van der Waals surface area contributed by atoms with Gasteiger partial charge in [-0.1, -0.05) is 45.1 Å². The van der Waals surface area contributed by atoms with E-state index in [1.165, 1.54) is 6.08 Å². The van der Waals surface area contributed by atoms with Crippen molar-refractivity contribution in [1.82, 2.24) is 0 Å². The van der Waals surface area contributed by atoms with Crippen LogP contribution in [0.25, 0.3) is 0 Å². The normalized spacial score (nSPS) is 10.5. The molecule has 5 heteroatoms. The van der Waals surface area contributed by atoms with Crippen molar-refractivity contribution in [3.63, 3.8) is 0 Å². The summed E-state index contributed by atoms with van der Waals surface area (Å²) in [6.45, 7) is 12.2. The lowest BCUT2D eigenvalue weighted by molar-refractivity contribution is -0.142. The fourth-order valence-electron chi connectivity index (χ4n) is 1.02. The second kappa shape index (κ2) is 13.5. The minimum absolute atomic E-state index is 0.0654. The average molecular weight is 284 g/mol. The van der Waals surface area contributed by atoms with Gasteiger partial charge < -0.3 is 14.9 Å². The summed E-state index contributed by atoms with van der Waals surface area (Å²) in [5, 5.41) is 17.1. The Kier molecular flexibility index (Phi) is 13.8. The molecule has 0 rings (SSSR count). The van der Waals surface area contributed by atoms with Crippen molar-refractivity contribution in [2.75, 3.05) is 6.61 Å². The number of ether oxygens (including phenoxy) is 1. The molecule has 0 aromatic carbocycles. The predicted octanol–water partition coefficient (Wildman–Crippen LogP) is 2.47. The minimum Gasteiger partial charge on any atom is -0.481 e. The van der Waals surface area contributed by atoms with E-state index in [2.05, 4.69) is 31.4 Å². The van der Waals surface area contributed by atoms with E-state index in [4.69, 9.17) is 10.2 Å². The first kappa shape index (κ1) is 20.4. The largest absolute Gasteiger partial charge is 0.481 e. The Balaban J connectivity index is 0. The number of aliphatic hydroxyl groups excluding tert-OH is 1. The van der Waals surface area contributed by atoms with Crippen LogP contribution >= 0.6 is 0 Å². The van der Waals surface area contributed by atoms with Gasteiger partial charge in [0.05, 0.1) is 12.5 Å². The molecule has 2 N–H and O–H groups in total. The first-order valence-electron chi connectivity index (χ1n) is 6.37. The lowest BCUT2D eigenvalue weighted by atomic mass is 10.2. The molecule has 0 aliphatic heterocycles. The number of unbranched alkanes of at least 4 members (excludes halogenated alkanes) is 1. The van der Waals surface area contributed by atoms with E-state index >= 15 is 0 Å². The van der Waals surface area contributed by atoms with Crippen LogP contribution in [0.3, 0.4) is 0 Å². The second-order valence-corrected chi connectivity index (χ2v) is 4.01. The van der Waals surface area contributed by atoms with E-state index < -0.39 is 18.4 Å². The molecular formula is C15H24O5. The molecule has 1 unspecified atom stereocenters. The van der Waals surface area contributed by atoms with Crippen molar-refractivity contribution >= 4 is 11.9 Å². The summed E-state index contributed by atoms with van der Waals surface area (Å²) in [6, 6.07) is 0. The summed E-state index contributed by atoms with van der Waals surface area (Å²) >= 11 is 0. The van der Waals surface area contributed by atoms with Crippen molar-refractivity contribution < 1.29 is 24.5 Å². The maximum absolute atomic E-state index is 10.8. The molecule has 0 radical (unpaired) electrons. The Labute approximate surface area is 120 Å². The zero-order valence-corrected chi connectivity index (χ0v) is 12.0. The van der Waals surface area contributed by atoms with Crippen LogP contribution in [0, 0.1) is 0 Å². The Hall–Kier alpha value is -1.88. The molecule has 1 atom stereocenters. The molecule has 0 heterocycles. The van der Waals surface area contributed by atoms with Gasteiger partial charge in [-0.2, -0.15) is 0 Å². The van der Waals surface area contributed by atoms with E-state index in [9.17, 15) is 9.59 Å². The average Bonchev–Trinajstić information content (AvgIpc) is 2.41. The van der Waals surface area contributed by atoms with Crippen LogP contribution in [0.4, 0.5) is 0 Å². The Morgan fingerprint density at radius 1 is 1.35 bits per heavy atom. The topological polar surface area (TPSA) is 83.8 Å². The van der Waals surface area contributed by atoms with E-state index in [-0.39, 0.29) is 18.3 Å². The summed E-state index contributed by atoms with van der Waals surface area (Å²) in [5.41, 5.74) is -0.0654. The standard InChI is InChI=1S/C8H10O4.C7H14O/c1-3-4-12-8(11)6(2)5-7(9)10;1-3-5-6-7(8)4-2/h3H,1-2,4-5H2,(H,9,10);4,7-8H,2-3,5-6H2,1H3. The number of aliphatic carboxylic acids is 1. The van der Waals surface area contributed by atoms with Crippen LogP contribution in [0.5, 0.6) is 0 Å². The third-order valence-electron chi connectivity index (χ3n) is 2.11. The lowest BCUT2D eigenvalue weighted by Gasteiger charge is -2.01. The molecule has 20 heavy (non-hydrogen) atoms. The number of aliphatic hydroxyl groups is 1. The summed E-state index contributed by atoms with van der Waals surface area (Å²) in [6.07, 6.45) is 5.39. The monoisotopic (exact) mass is 284 g/mol. The van der Waals surface area contributed by atoms with Crippen LogP contribution in [0.2, 0.25) is 0 Å². The number of hydrogen-bond donors (Lipinski definition) is 2. The van der Waals surface area contributed by atoms with Crippen LogP contribution in [0.15, 0.2) is 37.5 Å².